The number of carbonyl (C=O) groups excluding carboxylic acids is 1. The third kappa shape index (κ3) is 3.07. The van der Waals surface area contributed by atoms with Gasteiger partial charge < -0.3 is 10.4 Å². The molecule has 18 heavy (non-hydrogen) atoms. The number of carboxylic acid groups (broad SMARTS) is 1. The lowest BCUT2D eigenvalue weighted by atomic mass is 9.79. The van der Waals surface area contributed by atoms with Crippen molar-refractivity contribution < 1.29 is 14.7 Å². The van der Waals surface area contributed by atoms with Crippen LogP contribution in [0.15, 0.2) is 10.9 Å². The number of aromatic nitrogens is 1. The van der Waals surface area contributed by atoms with Crippen LogP contribution in [-0.4, -0.2) is 27.5 Å². The summed E-state index contributed by atoms with van der Waals surface area (Å²) in [4.78, 5) is 26.9. The van der Waals surface area contributed by atoms with Gasteiger partial charge in [-0.1, -0.05) is 19.3 Å². The van der Waals surface area contributed by atoms with E-state index in [0.29, 0.717) is 5.69 Å². The molecule has 98 valence electrons. The monoisotopic (exact) mass is 268 g/mol. The van der Waals surface area contributed by atoms with Crippen LogP contribution in [0.25, 0.3) is 0 Å². The largest absolute Gasteiger partial charge is 0.481 e. The summed E-state index contributed by atoms with van der Waals surface area (Å²) in [5, 5.41) is 13.6. The Balaban J connectivity index is 2.09. The van der Waals surface area contributed by atoms with Gasteiger partial charge >= 0.3 is 5.97 Å². The molecule has 0 bridgehead atoms. The zero-order valence-corrected chi connectivity index (χ0v) is 10.8. The number of carboxylic acids is 1. The third-order valence-corrected chi connectivity index (χ3v) is 3.93. The minimum atomic E-state index is -0.865. The molecule has 0 spiro atoms. The molecule has 2 N–H and O–H groups in total. The first-order valence-electron chi connectivity index (χ1n) is 6.04. The molecule has 1 heterocycles. The number of rotatable bonds is 4. The molecule has 1 aliphatic carbocycles. The fourth-order valence-corrected chi connectivity index (χ4v) is 3.03. The number of hydrogen-bond donors (Lipinski definition) is 2. The van der Waals surface area contributed by atoms with E-state index in [1.165, 1.54) is 11.3 Å². The van der Waals surface area contributed by atoms with Gasteiger partial charge in [-0.05, 0) is 12.8 Å². The van der Waals surface area contributed by atoms with E-state index < -0.39 is 11.5 Å². The Morgan fingerprint density at radius 1 is 1.39 bits per heavy atom. The van der Waals surface area contributed by atoms with Gasteiger partial charge in [-0.25, -0.2) is 4.98 Å². The molecule has 1 saturated carbocycles. The van der Waals surface area contributed by atoms with Crippen molar-refractivity contribution >= 4 is 23.2 Å². The number of thiazole rings is 1. The van der Waals surface area contributed by atoms with Gasteiger partial charge in [0.25, 0.3) is 5.91 Å². The Hall–Kier alpha value is -1.43. The van der Waals surface area contributed by atoms with Crippen LogP contribution in [0.3, 0.4) is 0 Å². The van der Waals surface area contributed by atoms with Crippen molar-refractivity contribution in [3.63, 3.8) is 0 Å². The molecule has 0 unspecified atom stereocenters. The van der Waals surface area contributed by atoms with Gasteiger partial charge in [-0.3, -0.25) is 9.59 Å². The van der Waals surface area contributed by atoms with Crippen LogP contribution in [-0.2, 0) is 4.79 Å². The minimum absolute atomic E-state index is 0.0110. The molecule has 2 rings (SSSR count). The maximum absolute atomic E-state index is 12.0. The summed E-state index contributed by atoms with van der Waals surface area (Å²) >= 11 is 1.35. The van der Waals surface area contributed by atoms with Gasteiger partial charge in [0.05, 0.1) is 17.5 Å². The lowest BCUT2D eigenvalue weighted by Crippen LogP contribution is -2.51. The van der Waals surface area contributed by atoms with Crippen molar-refractivity contribution in [1.82, 2.24) is 10.3 Å². The first kappa shape index (κ1) is 13.0. The quantitative estimate of drug-likeness (QED) is 0.876. The molecular formula is C12H16N2O3S. The molecule has 5 nitrogen and oxygen atoms in total. The molecule has 1 aromatic heterocycles. The molecule has 0 radical (unpaired) electrons. The average Bonchev–Trinajstić information content (AvgIpc) is 2.82. The molecule has 0 atom stereocenters. The third-order valence-electron chi connectivity index (χ3n) is 3.34. The maximum atomic E-state index is 12.0. The van der Waals surface area contributed by atoms with Gasteiger partial charge in [0.15, 0.2) is 0 Å². The fourth-order valence-electron chi connectivity index (χ4n) is 2.49. The Bertz CT molecular complexity index is 425. The van der Waals surface area contributed by atoms with E-state index in [0.717, 1.165) is 32.1 Å². The van der Waals surface area contributed by atoms with Crippen LogP contribution in [0, 0.1) is 0 Å². The fraction of sp³-hybridized carbons (Fsp3) is 0.583. The maximum Gasteiger partial charge on any atom is 0.305 e. The van der Waals surface area contributed by atoms with Gasteiger partial charge in [0.1, 0.15) is 5.69 Å². The summed E-state index contributed by atoms with van der Waals surface area (Å²) in [6.07, 6.45) is 4.48. The van der Waals surface area contributed by atoms with E-state index in [1.807, 2.05) is 0 Å². The summed E-state index contributed by atoms with van der Waals surface area (Å²) in [6, 6.07) is 0. The van der Waals surface area contributed by atoms with Gasteiger partial charge in [0, 0.05) is 5.38 Å². The second-order valence-corrected chi connectivity index (χ2v) is 5.46. The van der Waals surface area contributed by atoms with E-state index in [-0.39, 0.29) is 12.3 Å². The summed E-state index contributed by atoms with van der Waals surface area (Å²) in [5.41, 5.74) is 1.38. The van der Waals surface area contributed by atoms with Gasteiger partial charge in [0.2, 0.25) is 0 Å². The van der Waals surface area contributed by atoms with Crippen LogP contribution >= 0.6 is 11.3 Å². The Morgan fingerprint density at radius 3 is 2.67 bits per heavy atom. The molecule has 0 aromatic carbocycles. The Labute approximate surface area is 109 Å². The molecule has 6 heteroatoms. The highest BCUT2D eigenvalue weighted by atomic mass is 32.1. The summed E-state index contributed by atoms with van der Waals surface area (Å²) in [6.45, 7) is 0. The molecule has 1 aromatic rings. The van der Waals surface area contributed by atoms with Crippen LogP contribution in [0.4, 0.5) is 0 Å². The normalized spacial score (nSPS) is 18.2. The molecule has 0 saturated heterocycles. The van der Waals surface area contributed by atoms with Crippen molar-refractivity contribution in [2.45, 2.75) is 44.1 Å². The first-order chi connectivity index (χ1) is 8.61. The number of carbonyl (C=O) groups is 2. The SMILES string of the molecule is O=C(O)CC1(NC(=O)c2cscn2)CCCCC1. The lowest BCUT2D eigenvalue weighted by molar-refractivity contribution is -0.139. The minimum Gasteiger partial charge on any atom is -0.481 e. The van der Waals surface area contributed by atoms with Crippen molar-refractivity contribution in [3.05, 3.63) is 16.6 Å². The first-order valence-corrected chi connectivity index (χ1v) is 6.98. The van der Waals surface area contributed by atoms with E-state index >= 15 is 0 Å². The Morgan fingerprint density at radius 2 is 2.11 bits per heavy atom. The molecule has 1 amide bonds. The zero-order valence-electron chi connectivity index (χ0n) is 10.0. The standard InChI is InChI=1S/C12H16N2O3S/c15-10(16)6-12(4-2-1-3-5-12)14-11(17)9-7-18-8-13-9/h7-8H,1-6H2,(H,14,17)(H,15,16). The predicted octanol–water partition coefficient (Wildman–Crippen LogP) is 2.05. The van der Waals surface area contributed by atoms with E-state index in [1.54, 1.807) is 10.9 Å². The van der Waals surface area contributed by atoms with E-state index in [2.05, 4.69) is 10.3 Å². The topological polar surface area (TPSA) is 79.3 Å². The summed E-state index contributed by atoms with van der Waals surface area (Å²) in [7, 11) is 0. The van der Waals surface area contributed by atoms with Crippen molar-refractivity contribution in [1.29, 1.82) is 0 Å². The predicted molar refractivity (Wildman–Crippen MR) is 67.6 cm³/mol. The van der Waals surface area contributed by atoms with Crippen LogP contribution < -0.4 is 5.32 Å². The second-order valence-electron chi connectivity index (χ2n) is 4.74. The number of amides is 1. The Kier molecular flexibility index (Phi) is 3.96. The van der Waals surface area contributed by atoms with E-state index in [4.69, 9.17) is 5.11 Å². The highest BCUT2D eigenvalue weighted by Crippen LogP contribution is 2.31. The smallest absolute Gasteiger partial charge is 0.305 e. The number of nitrogens with one attached hydrogen (secondary N) is 1. The van der Waals surface area contributed by atoms with Crippen molar-refractivity contribution in [2.24, 2.45) is 0 Å². The van der Waals surface area contributed by atoms with E-state index in [9.17, 15) is 9.59 Å². The molecular weight excluding hydrogens is 252 g/mol. The van der Waals surface area contributed by atoms with Crippen LogP contribution in [0.1, 0.15) is 49.0 Å². The average molecular weight is 268 g/mol. The van der Waals surface area contributed by atoms with Gasteiger partial charge in [-0.15, -0.1) is 11.3 Å². The van der Waals surface area contributed by atoms with Crippen LogP contribution in [0.5, 0.6) is 0 Å². The van der Waals surface area contributed by atoms with Crippen molar-refractivity contribution in [3.8, 4) is 0 Å². The zero-order chi connectivity index (χ0) is 13.0. The highest BCUT2D eigenvalue weighted by molar-refractivity contribution is 7.07. The number of hydrogen-bond acceptors (Lipinski definition) is 4. The molecule has 1 aliphatic rings. The summed E-state index contributed by atoms with van der Waals surface area (Å²) < 4.78 is 0. The molecule has 1 fully saturated rings. The lowest BCUT2D eigenvalue weighted by Gasteiger charge is -2.36. The number of aliphatic carboxylic acids is 1. The highest BCUT2D eigenvalue weighted by Gasteiger charge is 2.36. The van der Waals surface area contributed by atoms with Crippen LogP contribution in [0.2, 0.25) is 0 Å². The number of nitrogens with zero attached hydrogens (tertiary/aromatic N) is 1. The summed E-state index contributed by atoms with van der Waals surface area (Å²) in [5.74, 6) is -1.13. The van der Waals surface area contributed by atoms with Gasteiger partial charge in [-0.2, -0.15) is 0 Å². The molecule has 0 aliphatic heterocycles. The second kappa shape index (κ2) is 5.48. The van der Waals surface area contributed by atoms with Crippen molar-refractivity contribution in [2.75, 3.05) is 0 Å².